The van der Waals surface area contributed by atoms with Gasteiger partial charge in [0.1, 0.15) is 0 Å². The first-order chi connectivity index (χ1) is 9.66. The number of hydrogen-bond acceptors (Lipinski definition) is 6. The molecule has 0 bridgehead atoms. The summed E-state index contributed by atoms with van der Waals surface area (Å²) in [5, 5.41) is 14.5. The van der Waals surface area contributed by atoms with Crippen molar-refractivity contribution in [3.8, 4) is 11.5 Å². The molecule has 0 unspecified atom stereocenters. The average Bonchev–Trinajstić information content (AvgIpc) is 2.93. The number of ether oxygens (including phenoxy) is 2. The van der Waals surface area contributed by atoms with Crippen molar-refractivity contribution in [1.82, 2.24) is 5.32 Å². The van der Waals surface area contributed by atoms with Crippen LogP contribution in [0.1, 0.15) is 24.4 Å². The predicted octanol–water partition coefficient (Wildman–Crippen LogP) is 1.74. The summed E-state index contributed by atoms with van der Waals surface area (Å²) < 4.78 is 10.5. The Balaban J connectivity index is 0.00000161. The molecule has 1 aromatic rings. The van der Waals surface area contributed by atoms with Gasteiger partial charge in [-0.1, -0.05) is 0 Å². The van der Waals surface area contributed by atoms with E-state index in [9.17, 15) is 10.1 Å². The van der Waals surface area contributed by atoms with Gasteiger partial charge < -0.3 is 20.5 Å². The highest BCUT2D eigenvalue weighted by atomic mass is 35.5. The third-order valence-electron chi connectivity index (χ3n) is 3.97. The number of hydrogen-bond donors (Lipinski definition) is 2. The Morgan fingerprint density at radius 2 is 1.90 bits per heavy atom. The number of nitro benzene ring substituents is 1. The Kier molecular flexibility index (Phi) is 4.87. The molecule has 7 nitrogen and oxygen atoms in total. The molecule has 2 aliphatic rings. The van der Waals surface area contributed by atoms with Crippen molar-refractivity contribution in [1.29, 1.82) is 0 Å². The number of halogens is 1. The highest BCUT2D eigenvalue weighted by molar-refractivity contribution is 5.85. The zero-order chi connectivity index (χ0) is 14.1. The molecule has 1 aromatic carbocycles. The van der Waals surface area contributed by atoms with Crippen molar-refractivity contribution < 1.29 is 14.4 Å². The molecule has 21 heavy (non-hydrogen) atoms. The molecule has 1 fully saturated rings. The molecule has 8 heteroatoms. The fourth-order valence-corrected chi connectivity index (χ4v) is 2.83. The number of nitrogens with zero attached hydrogens (tertiary/aromatic N) is 1. The molecule has 0 aromatic heterocycles. The second-order valence-electron chi connectivity index (χ2n) is 5.13. The van der Waals surface area contributed by atoms with Crippen LogP contribution in [0.25, 0.3) is 0 Å². The zero-order valence-electron chi connectivity index (χ0n) is 11.4. The molecule has 116 valence electrons. The SMILES string of the molecule is Cl.N[C@@H](c1cc2c(cc1[N+](=O)[O-])OCO2)C1CCNCC1. The van der Waals surface area contributed by atoms with Crippen LogP contribution >= 0.6 is 12.4 Å². The number of piperidine rings is 1. The van der Waals surface area contributed by atoms with Gasteiger partial charge in [0.2, 0.25) is 6.79 Å². The van der Waals surface area contributed by atoms with Gasteiger partial charge >= 0.3 is 0 Å². The summed E-state index contributed by atoms with van der Waals surface area (Å²) in [5.41, 5.74) is 6.82. The van der Waals surface area contributed by atoms with Gasteiger partial charge in [-0.15, -0.1) is 12.4 Å². The maximum Gasteiger partial charge on any atom is 0.278 e. The Labute approximate surface area is 128 Å². The summed E-state index contributed by atoms with van der Waals surface area (Å²) in [5.74, 6) is 1.20. The Hall–Kier alpha value is -1.57. The van der Waals surface area contributed by atoms with E-state index in [4.69, 9.17) is 15.2 Å². The van der Waals surface area contributed by atoms with E-state index < -0.39 is 4.92 Å². The molecule has 0 radical (unpaired) electrons. The van der Waals surface area contributed by atoms with Crippen LogP contribution in [0.15, 0.2) is 12.1 Å². The highest BCUT2D eigenvalue weighted by Gasteiger charge is 2.30. The van der Waals surface area contributed by atoms with Gasteiger partial charge in [0.25, 0.3) is 5.69 Å². The lowest BCUT2D eigenvalue weighted by Gasteiger charge is -2.28. The summed E-state index contributed by atoms with van der Waals surface area (Å²) in [4.78, 5) is 10.8. The van der Waals surface area contributed by atoms with Crippen molar-refractivity contribution >= 4 is 18.1 Å². The maximum absolute atomic E-state index is 11.3. The number of nitrogens with one attached hydrogen (secondary N) is 1. The molecule has 0 aliphatic carbocycles. The van der Waals surface area contributed by atoms with Crippen LogP contribution in [0.3, 0.4) is 0 Å². The van der Waals surface area contributed by atoms with E-state index >= 15 is 0 Å². The van der Waals surface area contributed by atoms with Gasteiger partial charge in [-0.2, -0.15) is 0 Å². The molecule has 2 heterocycles. The molecule has 0 amide bonds. The van der Waals surface area contributed by atoms with Crippen molar-refractivity contribution in [3.05, 3.63) is 27.8 Å². The van der Waals surface area contributed by atoms with Gasteiger partial charge in [-0.25, -0.2) is 0 Å². The van der Waals surface area contributed by atoms with E-state index in [1.54, 1.807) is 6.07 Å². The molecule has 3 N–H and O–H groups in total. The van der Waals surface area contributed by atoms with Gasteiger partial charge in [-0.05, 0) is 37.9 Å². The van der Waals surface area contributed by atoms with Crippen LogP contribution in [0.4, 0.5) is 5.69 Å². The Morgan fingerprint density at radius 1 is 1.29 bits per heavy atom. The average molecular weight is 316 g/mol. The number of nitrogens with two attached hydrogens (primary N) is 1. The standard InChI is InChI=1S/C13H17N3O4.ClH/c14-13(8-1-3-15-4-2-8)9-5-11-12(20-7-19-11)6-10(9)16(17)18;/h5-6,8,13,15H,1-4,7,14H2;1H/t13-;/m1./s1. The highest BCUT2D eigenvalue weighted by Crippen LogP contribution is 2.42. The lowest BCUT2D eigenvalue weighted by atomic mass is 9.86. The largest absolute Gasteiger partial charge is 0.454 e. The van der Waals surface area contributed by atoms with Crippen LogP contribution in [0, 0.1) is 16.0 Å². The molecule has 2 aliphatic heterocycles. The van der Waals surface area contributed by atoms with Crippen molar-refractivity contribution in [2.45, 2.75) is 18.9 Å². The van der Waals surface area contributed by atoms with Gasteiger partial charge in [0.05, 0.1) is 16.6 Å². The van der Waals surface area contributed by atoms with Crippen LogP contribution in [0.5, 0.6) is 11.5 Å². The van der Waals surface area contributed by atoms with Crippen molar-refractivity contribution in [2.75, 3.05) is 19.9 Å². The van der Waals surface area contributed by atoms with Gasteiger partial charge in [-0.3, -0.25) is 10.1 Å². The predicted molar refractivity (Wildman–Crippen MR) is 79.0 cm³/mol. The van der Waals surface area contributed by atoms with E-state index in [1.807, 2.05) is 0 Å². The molecule has 3 rings (SSSR count). The zero-order valence-corrected chi connectivity index (χ0v) is 12.2. The first-order valence-electron chi connectivity index (χ1n) is 6.71. The minimum Gasteiger partial charge on any atom is -0.454 e. The topological polar surface area (TPSA) is 99.7 Å². The number of fused-ring (bicyclic) bond motifs is 1. The Bertz CT molecular complexity index is 534. The van der Waals surface area contributed by atoms with Crippen LogP contribution in [-0.2, 0) is 0 Å². The molecular formula is C13H18ClN3O4. The quantitative estimate of drug-likeness (QED) is 0.651. The normalized spacial score (nSPS) is 18.9. The van der Waals surface area contributed by atoms with Gasteiger partial charge in [0, 0.05) is 6.04 Å². The van der Waals surface area contributed by atoms with Crippen molar-refractivity contribution in [2.24, 2.45) is 11.7 Å². The summed E-state index contributed by atoms with van der Waals surface area (Å²) in [6.07, 6.45) is 1.85. The fourth-order valence-electron chi connectivity index (χ4n) is 2.83. The molecular weight excluding hydrogens is 298 g/mol. The number of rotatable bonds is 3. The first kappa shape index (κ1) is 15.8. The van der Waals surface area contributed by atoms with E-state index in [2.05, 4.69) is 5.32 Å². The van der Waals surface area contributed by atoms with Crippen LogP contribution in [0.2, 0.25) is 0 Å². The van der Waals surface area contributed by atoms with E-state index in [1.165, 1.54) is 6.07 Å². The monoisotopic (exact) mass is 315 g/mol. The van der Waals surface area contributed by atoms with E-state index in [-0.39, 0.29) is 36.8 Å². The minimum atomic E-state index is -0.405. The minimum absolute atomic E-state index is 0. The van der Waals surface area contributed by atoms with E-state index in [0.717, 1.165) is 25.9 Å². The number of benzene rings is 1. The lowest BCUT2D eigenvalue weighted by molar-refractivity contribution is -0.385. The van der Waals surface area contributed by atoms with Gasteiger partial charge in [0.15, 0.2) is 11.5 Å². The van der Waals surface area contributed by atoms with Crippen LogP contribution < -0.4 is 20.5 Å². The third kappa shape index (κ3) is 3.04. The third-order valence-corrected chi connectivity index (χ3v) is 3.97. The maximum atomic E-state index is 11.3. The first-order valence-corrected chi connectivity index (χ1v) is 6.71. The molecule has 0 saturated carbocycles. The van der Waals surface area contributed by atoms with Crippen LogP contribution in [-0.4, -0.2) is 24.8 Å². The summed E-state index contributed by atoms with van der Waals surface area (Å²) in [7, 11) is 0. The summed E-state index contributed by atoms with van der Waals surface area (Å²) in [6.45, 7) is 1.89. The second-order valence-corrected chi connectivity index (χ2v) is 5.13. The van der Waals surface area contributed by atoms with E-state index in [0.29, 0.717) is 17.1 Å². The smallest absolute Gasteiger partial charge is 0.278 e. The fraction of sp³-hybridized carbons (Fsp3) is 0.538. The summed E-state index contributed by atoms with van der Waals surface area (Å²) in [6, 6.07) is 2.72. The molecule has 1 saturated heterocycles. The lowest BCUT2D eigenvalue weighted by Crippen LogP contribution is -2.34. The second kappa shape index (κ2) is 6.46. The summed E-state index contributed by atoms with van der Waals surface area (Å²) >= 11 is 0. The number of nitro groups is 1. The Morgan fingerprint density at radius 3 is 2.52 bits per heavy atom. The molecule has 1 atom stereocenters. The molecule has 0 spiro atoms. The van der Waals surface area contributed by atoms with Crippen molar-refractivity contribution in [3.63, 3.8) is 0 Å².